The van der Waals surface area contributed by atoms with Crippen molar-refractivity contribution in [3.05, 3.63) is 74.1 Å². The number of hydrogen-bond donors (Lipinski definition) is 1. The summed E-state index contributed by atoms with van der Waals surface area (Å²) in [5.74, 6) is 0.0696. The number of fused-ring (bicyclic) bond motifs is 1. The van der Waals surface area contributed by atoms with Crippen LogP contribution in [0.2, 0.25) is 0 Å². The second kappa shape index (κ2) is 7.09. The largest absolute Gasteiger partial charge is 0.507 e. The van der Waals surface area contributed by atoms with Crippen LogP contribution in [0.5, 0.6) is 5.75 Å². The SMILES string of the molecule is Cc1ccc(-c2nsc3ccc(-n4c(=O)cc(C(F)(F)F)n(C)c4=O)cc23)c(O)c1C. The number of alkyl halides is 3. The molecule has 0 aliphatic carbocycles. The highest BCUT2D eigenvalue weighted by Crippen LogP contribution is 2.38. The molecule has 2 heterocycles. The lowest BCUT2D eigenvalue weighted by Gasteiger charge is -2.14. The van der Waals surface area contributed by atoms with Gasteiger partial charge in [0.15, 0.2) is 0 Å². The molecule has 0 fully saturated rings. The van der Waals surface area contributed by atoms with Crippen molar-refractivity contribution < 1.29 is 18.3 Å². The van der Waals surface area contributed by atoms with Crippen LogP contribution in [-0.4, -0.2) is 18.6 Å². The summed E-state index contributed by atoms with van der Waals surface area (Å²) in [4.78, 5) is 25.0. The van der Waals surface area contributed by atoms with Gasteiger partial charge in [-0.3, -0.25) is 9.36 Å². The molecule has 0 aliphatic rings. The number of halogens is 3. The van der Waals surface area contributed by atoms with Gasteiger partial charge in [0.1, 0.15) is 11.4 Å². The molecule has 6 nitrogen and oxygen atoms in total. The fourth-order valence-corrected chi connectivity index (χ4v) is 4.16. The first kappa shape index (κ1) is 20.9. The van der Waals surface area contributed by atoms with Gasteiger partial charge in [-0.05, 0) is 60.8 Å². The number of rotatable bonds is 2. The lowest BCUT2D eigenvalue weighted by Crippen LogP contribution is -2.40. The molecule has 0 saturated heterocycles. The van der Waals surface area contributed by atoms with Gasteiger partial charge in [0, 0.05) is 24.1 Å². The Balaban J connectivity index is 1.96. The molecule has 0 amide bonds. The van der Waals surface area contributed by atoms with Gasteiger partial charge in [0.2, 0.25) is 0 Å². The summed E-state index contributed by atoms with van der Waals surface area (Å²) in [7, 11) is 0.963. The zero-order chi connectivity index (χ0) is 22.7. The highest BCUT2D eigenvalue weighted by atomic mass is 32.1. The van der Waals surface area contributed by atoms with Gasteiger partial charge in [0.05, 0.1) is 16.1 Å². The Morgan fingerprint density at radius 1 is 1.06 bits per heavy atom. The Kier molecular flexibility index (Phi) is 4.77. The molecule has 0 spiro atoms. The van der Waals surface area contributed by atoms with Crippen LogP contribution in [-0.2, 0) is 13.2 Å². The Morgan fingerprint density at radius 2 is 1.77 bits per heavy atom. The minimum absolute atomic E-state index is 0.0696. The predicted molar refractivity (Wildman–Crippen MR) is 112 cm³/mol. The Labute approximate surface area is 177 Å². The quantitative estimate of drug-likeness (QED) is 0.501. The standard InChI is InChI=1S/C21H16F3N3O3S/c1-10-4-6-13(19(29)11(10)2)18-14-8-12(5-7-15(14)31-25-18)27-17(28)9-16(21(22,23)24)26(3)20(27)30/h4-9,29H,1-3H3. The first-order valence-electron chi connectivity index (χ1n) is 9.10. The minimum Gasteiger partial charge on any atom is -0.507 e. The van der Waals surface area contributed by atoms with E-state index >= 15 is 0 Å². The third kappa shape index (κ3) is 3.32. The third-order valence-corrected chi connectivity index (χ3v) is 6.11. The molecule has 1 N–H and O–H groups in total. The van der Waals surface area contributed by atoms with Crippen LogP contribution in [0.15, 0.2) is 46.0 Å². The molecule has 0 aliphatic heterocycles. The highest BCUT2D eigenvalue weighted by molar-refractivity contribution is 7.13. The molecule has 0 saturated carbocycles. The fourth-order valence-electron chi connectivity index (χ4n) is 3.39. The number of phenols is 1. The average molecular weight is 447 g/mol. The molecule has 31 heavy (non-hydrogen) atoms. The molecular weight excluding hydrogens is 431 g/mol. The molecule has 0 unspecified atom stereocenters. The van der Waals surface area contributed by atoms with Gasteiger partial charge in [-0.15, -0.1) is 0 Å². The van der Waals surface area contributed by atoms with Crippen molar-refractivity contribution in [3.63, 3.8) is 0 Å². The van der Waals surface area contributed by atoms with E-state index < -0.39 is 23.1 Å². The number of phenolic OH excluding ortho intramolecular Hbond substituents is 1. The number of hydrogen-bond acceptors (Lipinski definition) is 5. The van der Waals surface area contributed by atoms with Crippen LogP contribution >= 0.6 is 11.5 Å². The van der Waals surface area contributed by atoms with E-state index in [1.54, 1.807) is 19.1 Å². The van der Waals surface area contributed by atoms with Crippen molar-refractivity contribution in [2.24, 2.45) is 7.05 Å². The Hall–Kier alpha value is -3.40. The molecule has 4 aromatic rings. The third-order valence-electron chi connectivity index (χ3n) is 5.28. The van der Waals surface area contributed by atoms with Gasteiger partial charge in [-0.2, -0.15) is 17.5 Å². The van der Waals surface area contributed by atoms with E-state index in [0.717, 1.165) is 17.3 Å². The Bertz CT molecular complexity index is 1470. The maximum atomic E-state index is 13.1. The molecule has 0 bridgehead atoms. The van der Waals surface area contributed by atoms with E-state index in [-0.39, 0.29) is 11.4 Å². The number of aromatic nitrogens is 3. The first-order chi connectivity index (χ1) is 14.5. The first-order valence-corrected chi connectivity index (χ1v) is 9.87. The normalized spacial score (nSPS) is 11.9. The summed E-state index contributed by atoms with van der Waals surface area (Å²) < 4.78 is 45.5. The summed E-state index contributed by atoms with van der Waals surface area (Å²) in [6.07, 6.45) is -4.83. The minimum atomic E-state index is -4.83. The fraction of sp³-hybridized carbons (Fsp3) is 0.190. The van der Waals surface area contributed by atoms with Crippen molar-refractivity contribution in [1.29, 1.82) is 0 Å². The van der Waals surface area contributed by atoms with Gasteiger partial charge >= 0.3 is 11.9 Å². The van der Waals surface area contributed by atoms with E-state index in [1.807, 2.05) is 13.0 Å². The van der Waals surface area contributed by atoms with Crippen LogP contribution in [0.1, 0.15) is 16.8 Å². The number of nitrogens with zero attached hydrogens (tertiary/aromatic N) is 3. The maximum absolute atomic E-state index is 13.1. The van der Waals surface area contributed by atoms with Gasteiger partial charge in [-0.25, -0.2) is 9.36 Å². The van der Waals surface area contributed by atoms with Crippen LogP contribution in [0, 0.1) is 13.8 Å². The molecule has 4 rings (SSSR count). The van der Waals surface area contributed by atoms with Crippen molar-refractivity contribution in [2.75, 3.05) is 0 Å². The smallest absolute Gasteiger partial charge is 0.431 e. The molecule has 160 valence electrons. The van der Waals surface area contributed by atoms with Gasteiger partial charge < -0.3 is 5.11 Å². The predicted octanol–water partition coefficient (Wildman–Crippen LogP) is 4.15. The van der Waals surface area contributed by atoms with E-state index in [1.165, 1.54) is 23.7 Å². The van der Waals surface area contributed by atoms with E-state index in [2.05, 4.69) is 4.37 Å². The highest BCUT2D eigenvalue weighted by Gasteiger charge is 2.35. The second-order valence-electron chi connectivity index (χ2n) is 7.16. The zero-order valence-electron chi connectivity index (χ0n) is 16.6. The number of aryl methyl sites for hydroxylation is 1. The summed E-state index contributed by atoms with van der Waals surface area (Å²) in [6.45, 7) is 3.64. The molecule has 0 radical (unpaired) electrons. The van der Waals surface area contributed by atoms with Crippen molar-refractivity contribution in [2.45, 2.75) is 20.0 Å². The summed E-state index contributed by atoms with van der Waals surface area (Å²) >= 11 is 1.17. The van der Waals surface area contributed by atoms with E-state index in [9.17, 15) is 27.9 Å². The van der Waals surface area contributed by atoms with E-state index in [0.29, 0.717) is 37.4 Å². The van der Waals surface area contributed by atoms with Crippen LogP contribution in [0.25, 0.3) is 27.0 Å². The molecular formula is C21H16F3N3O3S. The average Bonchev–Trinajstić information content (AvgIpc) is 3.11. The summed E-state index contributed by atoms with van der Waals surface area (Å²) in [5, 5.41) is 11.1. The zero-order valence-corrected chi connectivity index (χ0v) is 17.4. The van der Waals surface area contributed by atoms with Crippen molar-refractivity contribution in [3.8, 4) is 22.7 Å². The maximum Gasteiger partial charge on any atom is 0.431 e. The second-order valence-corrected chi connectivity index (χ2v) is 7.96. The topological polar surface area (TPSA) is 77.1 Å². The van der Waals surface area contributed by atoms with Gasteiger partial charge in [0.25, 0.3) is 5.56 Å². The molecule has 10 heteroatoms. The van der Waals surface area contributed by atoms with Crippen molar-refractivity contribution in [1.82, 2.24) is 13.5 Å². The lowest BCUT2D eigenvalue weighted by atomic mass is 10.0. The van der Waals surface area contributed by atoms with E-state index in [4.69, 9.17) is 0 Å². The van der Waals surface area contributed by atoms with Gasteiger partial charge in [-0.1, -0.05) is 6.07 Å². The summed E-state index contributed by atoms with van der Waals surface area (Å²) in [5.41, 5.74) is -0.872. The van der Waals surface area contributed by atoms with Crippen LogP contribution in [0.4, 0.5) is 13.2 Å². The van der Waals surface area contributed by atoms with Crippen LogP contribution < -0.4 is 11.2 Å². The van der Waals surface area contributed by atoms with Crippen molar-refractivity contribution >= 4 is 21.6 Å². The van der Waals surface area contributed by atoms with Crippen LogP contribution in [0.3, 0.4) is 0 Å². The Morgan fingerprint density at radius 3 is 2.45 bits per heavy atom. The number of benzene rings is 2. The summed E-state index contributed by atoms with van der Waals surface area (Å²) in [6, 6.07) is 8.58. The molecule has 2 aromatic carbocycles. The monoisotopic (exact) mass is 447 g/mol. The molecule has 2 aromatic heterocycles. The molecule has 0 atom stereocenters. The number of aromatic hydroxyl groups is 1. The lowest BCUT2D eigenvalue weighted by molar-refractivity contribution is -0.144.